The summed E-state index contributed by atoms with van der Waals surface area (Å²) in [6.07, 6.45) is 9.24. The molecule has 0 rings (SSSR count). The number of nitrogens with one attached hydrogen (secondary N) is 3. The average molecular weight is 398 g/mol. The van der Waals surface area contributed by atoms with Crippen molar-refractivity contribution >= 4 is 17.7 Å². The third-order valence-corrected chi connectivity index (χ3v) is 4.99. The van der Waals surface area contributed by atoms with Gasteiger partial charge in [0, 0.05) is 25.4 Å². The molecule has 0 aromatic rings. The molecule has 0 radical (unpaired) electrons. The van der Waals surface area contributed by atoms with Gasteiger partial charge in [0.2, 0.25) is 17.7 Å². The molecule has 3 N–H and O–H groups in total. The number of carbonyl (C=O) groups is 3. The second-order valence-corrected chi connectivity index (χ2v) is 7.55. The fourth-order valence-electron chi connectivity index (χ4n) is 3.01. The highest BCUT2D eigenvalue weighted by Gasteiger charge is 2.25. The van der Waals surface area contributed by atoms with Gasteiger partial charge >= 0.3 is 0 Å². The van der Waals surface area contributed by atoms with Gasteiger partial charge in [-0.25, -0.2) is 0 Å². The lowest BCUT2D eigenvalue weighted by molar-refractivity contribution is -0.132. The molecule has 2 atom stereocenters. The van der Waals surface area contributed by atoms with Gasteiger partial charge < -0.3 is 16.0 Å². The molecular weight excluding hydrogens is 354 g/mol. The summed E-state index contributed by atoms with van der Waals surface area (Å²) >= 11 is 0. The first-order valence-electron chi connectivity index (χ1n) is 11.3. The van der Waals surface area contributed by atoms with E-state index in [9.17, 15) is 14.4 Å². The molecule has 28 heavy (non-hydrogen) atoms. The number of hydrogen-bond acceptors (Lipinski definition) is 3. The van der Waals surface area contributed by atoms with Crippen LogP contribution in [0.15, 0.2) is 0 Å². The maximum absolute atomic E-state index is 12.6. The summed E-state index contributed by atoms with van der Waals surface area (Å²) in [5, 5.41) is 8.69. The number of amides is 3. The predicted molar refractivity (Wildman–Crippen MR) is 115 cm³/mol. The van der Waals surface area contributed by atoms with E-state index in [1.54, 1.807) is 0 Å². The maximum Gasteiger partial charge on any atom is 0.242 e. The summed E-state index contributed by atoms with van der Waals surface area (Å²) in [6.45, 7) is 9.56. The summed E-state index contributed by atoms with van der Waals surface area (Å²) in [7, 11) is 0. The molecule has 0 fully saturated rings. The highest BCUT2D eigenvalue weighted by atomic mass is 16.2. The lowest BCUT2D eigenvalue weighted by Gasteiger charge is -2.22. The molecule has 0 spiro atoms. The number of rotatable bonds is 17. The molecule has 0 aliphatic rings. The Kier molecular flexibility index (Phi) is 16.5. The van der Waals surface area contributed by atoms with Crippen LogP contribution in [0.25, 0.3) is 0 Å². The van der Waals surface area contributed by atoms with Crippen molar-refractivity contribution in [2.24, 2.45) is 5.92 Å². The van der Waals surface area contributed by atoms with E-state index in [1.165, 1.54) is 0 Å². The SMILES string of the molecule is CCCCCNC(=O)C(CCC(=O)NCCCC)NC(=O)C(CC)CCCC. The summed E-state index contributed by atoms with van der Waals surface area (Å²) in [4.78, 5) is 37.2. The first-order chi connectivity index (χ1) is 13.5. The van der Waals surface area contributed by atoms with Crippen LogP contribution >= 0.6 is 0 Å². The van der Waals surface area contributed by atoms with Gasteiger partial charge in [0.1, 0.15) is 6.04 Å². The van der Waals surface area contributed by atoms with Crippen LogP contribution in [0.5, 0.6) is 0 Å². The zero-order valence-electron chi connectivity index (χ0n) is 18.6. The van der Waals surface area contributed by atoms with Crippen molar-refractivity contribution in [3.8, 4) is 0 Å². The van der Waals surface area contributed by atoms with E-state index in [0.717, 1.165) is 57.8 Å². The van der Waals surface area contributed by atoms with E-state index >= 15 is 0 Å². The van der Waals surface area contributed by atoms with Crippen molar-refractivity contribution in [3.63, 3.8) is 0 Å². The minimum atomic E-state index is -0.651. The van der Waals surface area contributed by atoms with E-state index in [2.05, 4.69) is 36.7 Å². The van der Waals surface area contributed by atoms with Crippen LogP contribution in [-0.2, 0) is 14.4 Å². The van der Waals surface area contributed by atoms with Gasteiger partial charge in [-0.2, -0.15) is 0 Å². The summed E-state index contributed by atoms with van der Waals surface area (Å²) in [5.74, 6) is -0.398. The smallest absolute Gasteiger partial charge is 0.242 e. The van der Waals surface area contributed by atoms with Gasteiger partial charge in [0.25, 0.3) is 0 Å². The molecule has 0 aromatic heterocycles. The maximum atomic E-state index is 12.6. The first kappa shape index (κ1) is 26.4. The van der Waals surface area contributed by atoms with Gasteiger partial charge in [0.15, 0.2) is 0 Å². The van der Waals surface area contributed by atoms with Crippen molar-refractivity contribution < 1.29 is 14.4 Å². The second kappa shape index (κ2) is 17.5. The van der Waals surface area contributed by atoms with Crippen LogP contribution in [0.3, 0.4) is 0 Å². The zero-order chi connectivity index (χ0) is 21.2. The molecule has 0 saturated carbocycles. The third-order valence-electron chi connectivity index (χ3n) is 4.99. The lowest BCUT2D eigenvalue weighted by atomic mass is 9.97. The summed E-state index contributed by atoms with van der Waals surface area (Å²) in [5.41, 5.74) is 0. The highest BCUT2D eigenvalue weighted by Crippen LogP contribution is 2.13. The van der Waals surface area contributed by atoms with Crippen LogP contribution in [-0.4, -0.2) is 36.9 Å². The standard InChI is InChI=1S/C22H43N3O3/c1-5-9-12-17-24-22(28)19(14-15-20(26)23-16-11-7-3)25-21(27)18(8-4)13-10-6-2/h18-19H,5-17H2,1-4H3,(H,23,26)(H,24,28)(H,25,27). The predicted octanol–water partition coefficient (Wildman–Crippen LogP) is 3.69. The molecule has 0 aromatic carbocycles. The Morgan fingerprint density at radius 3 is 1.96 bits per heavy atom. The largest absolute Gasteiger partial charge is 0.356 e. The number of carbonyl (C=O) groups excluding carboxylic acids is 3. The fourth-order valence-corrected chi connectivity index (χ4v) is 3.01. The van der Waals surface area contributed by atoms with Crippen molar-refractivity contribution in [1.29, 1.82) is 0 Å². The normalized spacial score (nSPS) is 12.9. The average Bonchev–Trinajstić information content (AvgIpc) is 2.69. The van der Waals surface area contributed by atoms with E-state index in [1.807, 2.05) is 6.92 Å². The van der Waals surface area contributed by atoms with Crippen LogP contribution in [0.2, 0.25) is 0 Å². The molecule has 2 unspecified atom stereocenters. The Balaban J connectivity index is 4.74. The van der Waals surface area contributed by atoms with E-state index in [0.29, 0.717) is 19.5 Å². The van der Waals surface area contributed by atoms with Crippen molar-refractivity contribution in [2.75, 3.05) is 13.1 Å². The number of unbranched alkanes of at least 4 members (excludes halogenated alkanes) is 4. The van der Waals surface area contributed by atoms with Gasteiger partial charge in [-0.15, -0.1) is 0 Å². The molecule has 6 nitrogen and oxygen atoms in total. The van der Waals surface area contributed by atoms with E-state index < -0.39 is 6.04 Å². The van der Waals surface area contributed by atoms with Crippen molar-refractivity contribution in [3.05, 3.63) is 0 Å². The van der Waals surface area contributed by atoms with Crippen LogP contribution < -0.4 is 16.0 Å². The molecule has 0 bridgehead atoms. The minimum Gasteiger partial charge on any atom is -0.356 e. The monoisotopic (exact) mass is 397 g/mol. The Labute approximate surface area is 172 Å². The van der Waals surface area contributed by atoms with Gasteiger partial charge in [-0.1, -0.05) is 59.8 Å². The van der Waals surface area contributed by atoms with Gasteiger partial charge in [0.05, 0.1) is 0 Å². The summed E-state index contributed by atoms with van der Waals surface area (Å²) < 4.78 is 0. The topological polar surface area (TPSA) is 87.3 Å². The molecule has 0 aliphatic carbocycles. The Morgan fingerprint density at radius 1 is 0.714 bits per heavy atom. The highest BCUT2D eigenvalue weighted by molar-refractivity contribution is 5.89. The molecule has 164 valence electrons. The van der Waals surface area contributed by atoms with Crippen molar-refractivity contribution in [1.82, 2.24) is 16.0 Å². The Morgan fingerprint density at radius 2 is 1.36 bits per heavy atom. The number of hydrogen-bond donors (Lipinski definition) is 3. The molecule has 3 amide bonds. The fraction of sp³-hybridized carbons (Fsp3) is 0.864. The molecule has 0 saturated heterocycles. The van der Waals surface area contributed by atoms with Gasteiger partial charge in [-0.05, 0) is 32.1 Å². The summed E-state index contributed by atoms with van der Waals surface area (Å²) in [6, 6.07) is -0.651. The van der Waals surface area contributed by atoms with Crippen LogP contribution in [0.4, 0.5) is 0 Å². The first-order valence-corrected chi connectivity index (χ1v) is 11.3. The van der Waals surface area contributed by atoms with Crippen molar-refractivity contribution in [2.45, 2.75) is 104 Å². The van der Waals surface area contributed by atoms with E-state index in [4.69, 9.17) is 0 Å². The quantitative estimate of drug-likeness (QED) is 0.327. The van der Waals surface area contributed by atoms with Crippen LogP contribution in [0.1, 0.15) is 98.3 Å². The zero-order valence-corrected chi connectivity index (χ0v) is 18.6. The minimum absolute atomic E-state index is 0.0653. The molecule has 6 heteroatoms. The van der Waals surface area contributed by atoms with Gasteiger partial charge in [-0.3, -0.25) is 14.4 Å². The molecular formula is C22H43N3O3. The lowest BCUT2D eigenvalue weighted by Crippen LogP contribution is -2.49. The van der Waals surface area contributed by atoms with Crippen LogP contribution in [0, 0.1) is 5.92 Å². The Hall–Kier alpha value is -1.59. The molecule has 0 heterocycles. The van der Waals surface area contributed by atoms with E-state index in [-0.39, 0.29) is 30.1 Å². The second-order valence-electron chi connectivity index (χ2n) is 7.55. The molecule has 0 aliphatic heterocycles. The third kappa shape index (κ3) is 12.7. The Bertz CT molecular complexity index is 441.